The lowest BCUT2D eigenvalue weighted by Crippen LogP contribution is -2.41. The van der Waals surface area contributed by atoms with E-state index >= 15 is 0 Å². The molecule has 0 aromatic heterocycles. The topological polar surface area (TPSA) is 29.1 Å². The van der Waals surface area contributed by atoms with E-state index in [2.05, 4.69) is 4.72 Å². The number of benzene rings is 1. The molecule has 0 aliphatic carbocycles. The zero-order valence-electron chi connectivity index (χ0n) is 12.9. The molecule has 2 atom stereocenters. The molecule has 1 N–H and O–H groups in total. The molecule has 2 unspecified atom stereocenters. The molecule has 120 valence electrons. The zero-order chi connectivity index (χ0) is 16.4. The minimum atomic E-state index is -4.50. The molecule has 0 bridgehead atoms. The Kier molecular flexibility index (Phi) is 5.61. The van der Waals surface area contributed by atoms with Crippen molar-refractivity contribution < 1.29 is 17.4 Å². The molecule has 1 aromatic carbocycles. The predicted octanol–water partition coefficient (Wildman–Crippen LogP) is 4.47. The average molecular weight is 321 g/mol. The highest BCUT2D eigenvalue weighted by Crippen LogP contribution is 2.34. The highest BCUT2D eigenvalue weighted by Gasteiger charge is 2.43. The first-order valence-electron chi connectivity index (χ1n) is 6.77. The Balaban J connectivity index is 3.15. The van der Waals surface area contributed by atoms with Crippen molar-refractivity contribution in [3.63, 3.8) is 0 Å². The third kappa shape index (κ3) is 5.11. The summed E-state index contributed by atoms with van der Waals surface area (Å²) in [7, 11) is -1.80. The molecule has 0 heterocycles. The monoisotopic (exact) mass is 321 g/mol. The van der Waals surface area contributed by atoms with Gasteiger partial charge in [-0.3, -0.25) is 0 Å². The highest BCUT2D eigenvalue weighted by atomic mass is 32.2. The molecule has 0 amide bonds. The Morgan fingerprint density at radius 3 is 2.05 bits per heavy atom. The van der Waals surface area contributed by atoms with Gasteiger partial charge in [0.2, 0.25) is 0 Å². The molecule has 6 heteroatoms. The Labute approximate surface area is 126 Å². The lowest BCUT2D eigenvalue weighted by Gasteiger charge is -2.26. The van der Waals surface area contributed by atoms with E-state index in [9.17, 15) is 17.4 Å². The molecule has 0 aliphatic rings. The maximum Gasteiger partial charge on any atom is 0.408 e. The number of alkyl halides is 3. The molecule has 0 saturated heterocycles. The van der Waals surface area contributed by atoms with Gasteiger partial charge in [-0.25, -0.2) is 8.93 Å². The summed E-state index contributed by atoms with van der Waals surface area (Å²) >= 11 is 0. The number of rotatable bonds is 4. The van der Waals surface area contributed by atoms with E-state index in [1.54, 1.807) is 32.9 Å². The second kappa shape index (κ2) is 6.48. The third-order valence-electron chi connectivity index (χ3n) is 3.02. The van der Waals surface area contributed by atoms with E-state index in [1.807, 2.05) is 13.8 Å². The van der Waals surface area contributed by atoms with Crippen LogP contribution in [0, 0.1) is 0 Å². The normalized spacial score (nSPS) is 16.0. The smallest absolute Gasteiger partial charge is 0.242 e. The molecule has 1 rings (SSSR count). The first-order valence-corrected chi connectivity index (χ1v) is 7.92. The van der Waals surface area contributed by atoms with Gasteiger partial charge in [-0.15, -0.1) is 0 Å². The van der Waals surface area contributed by atoms with Crippen LogP contribution in [0.25, 0.3) is 0 Å². The molecule has 0 aliphatic heterocycles. The highest BCUT2D eigenvalue weighted by molar-refractivity contribution is 7.84. The predicted molar refractivity (Wildman–Crippen MR) is 80.4 cm³/mol. The SMILES string of the molecule is CC(C)c1cccc(C(NS(=O)C(C)(C)C)C(F)(F)F)c1. The Morgan fingerprint density at radius 1 is 1.10 bits per heavy atom. The molecule has 0 fully saturated rings. The fourth-order valence-electron chi connectivity index (χ4n) is 1.71. The second-order valence-electron chi connectivity index (χ2n) is 6.30. The van der Waals surface area contributed by atoms with Gasteiger partial charge in [-0.1, -0.05) is 38.1 Å². The van der Waals surface area contributed by atoms with Gasteiger partial charge in [0, 0.05) is 0 Å². The van der Waals surface area contributed by atoms with Gasteiger partial charge < -0.3 is 0 Å². The summed E-state index contributed by atoms with van der Waals surface area (Å²) in [6, 6.07) is 4.40. The summed E-state index contributed by atoms with van der Waals surface area (Å²) < 4.78 is 53.3. The van der Waals surface area contributed by atoms with Gasteiger partial charge in [-0.2, -0.15) is 13.2 Å². The molecular weight excluding hydrogens is 299 g/mol. The maximum atomic E-state index is 13.3. The second-order valence-corrected chi connectivity index (χ2v) is 8.30. The van der Waals surface area contributed by atoms with E-state index in [-0.39, 0.29) is 11.5 Å². The van der Waals surface area contributed by atoms with Crippen molar-refractivity contribution in [3.8, 4) is 0 Å². The molecule has 1 aromatic rings. The van der Waals surface area contributed by atoms with Crippen LogP contribution in [0.3, 0.4) is 0 Å². The number of hydrogen-bond donors (Lipinski definition) is 1. The summed E-state index contributed by atoms with van der Waals surface area (Å²) in [4.78, 5) is 0. The van der Waals surface area contributed by atoms with Crippen LogP contribution in [-0.2, 0) is 11.0 Å². The van der Waals surface area contributed by atoms with Crippen LogP contribution in [0.4, 0.5) is 13.2 Å². The van der Waals surface area contributed by atoms with Crippen molar-refractivity contribution >= 4 is 11.0 Å². The van der Waals surface area contributed by atoms with Crippen LogP contribution in [0.2, 0.25) is 0 Å². The molecule has 0 radical (unpaired) electrons. The molecule has 0 saturated carbocycles. The lowest BCUT2D eigenvalue weighted by molar-refractivity contribution is -0.152. The van der Waals surface area contributed by atoms with Crippen LogP contribution in [0.5, 0.6) is 0 Å². The van der Waals surface area contributed by atoms with Gasteiger partial charge in [-0.05, 0) is 37.8 Å². The van der Waals surface area contributed by atoms with E-state index in [0.29, 0.717) is 0 Å². The first kappa shape index (κ1) is 18.2. The average Bonchev–Trinajstić information content (AvgIpc) is 2.33. The number of hydrogen-bond acceptors (Lipinski definition) is 1. The Hall–Kier alpha value is -0.880. The van der Waals surface area contributed by atoms with Crippen LogP contribution in [0.15, 0.2) is 24.3 Å². The van der Waals surface area contributed by atoms with Crippen molar-refractivity contribution in [2.24, 2.45) is 0 Å². The lowest BCUT2D eigenvalue weighted by atomic mass is 9.98. The fraction of sp³-hybridized carbons (Fsp3) is 0.600. The van der Waals surface area contributed by atoms with Crippen molar-refractivity contribution in [1.29, 1.82) is 0 Å². The quantitative estimate of drug-likeness (QED) is 0.871. The zero-order valence-corrected chi connectivity index (χ0v) is 13.7. The summed E-state index contributed by atoms with van der Waals surface area (Å²) in [5.41, 5.74) is 0.913. The summed E-state index contributed by atoms with van der Waals surface area (Å²) in [5, 5.41) is 0. The Bertz CT molecular complexity index is 506. The maximum absolute atomic E-state index is 13.3. The molecular formula is C15H22F3NOS. The van der Waals surface area contributed by atoms with Gasteiger partial charge >= 0.3 is 6.18 Å². The van der Waals surface area contributed by atoms with Crippen LogP contribution < -0.4 is 4.72 Å². The number of nitrogens with one attached hydrogen (secondary N) is 1. The summed E-state index contributed by atoms with van der Waals surface area (Å²) in [6.45, 7) is 8.74. The van der Waals surface area contributed by atoms with Crippen molar-refractivity contribution in [3.05, 3.63) is 35.4 Å². The van der Waals surface area contributed by atoms with Crippen molar-refractivity contribution in [2.45, 2.75) is 57.5 Å². The van der Waals surface area contributed by atoms with E-state index in [1.165, 1.54) is 12.1 Å². The van der Waals surface area contributed by atoms with Crippen LogP contribution >= 0.6 is 0 Å². The molecule has 2 nitrogen and oxygen atoms in total. The first-order chi connectivity index (χ1) is 9.43. The van der Waals surface area contributed by atoms with Gasteiger partial charge in [0.05, 0.1) is 15.7 Å². The Morgan fingerprint density at radius 2 is 1.62 bits per heavy atom. The fourth-order valence-corrected chi connectivity index (χ4v) is 2.54. The van der Waals surface area contributed by atoms with Crippen LogP contribution in [0.1, 0.15) is 57.7 Å². The molecule has 21 heavy (non-hydrogen) atoms. The van der Waals surface area contributed by atoms with Crippen molar-refractivity contribution in [1.82, 2.24) is 4.72 Å². The number of halogens is 3. The van der Waals surface area contributed by atoms with Crippen LogP contribution in [-0.4, -0.2) is 15.1 Å². The van der Waals surface area contributed by atoms with E-state index < -0.39 is 28.0 Å². The minimum absolute atomic E-state index is 0.0892. The minimum Gasteiger partial charge on any atom is -0.242 e. The largest absolute Gasteiger partial charge is 0.408 e. The summed E-state index contributed by atoms with van der Waals surface area (Å²) in [6.07, 6.45) is -4.50. The third-order valence-corrected chi connectivity index (χ3v) is 4.58. The van der Waals surface area contributed by atoms with E-state index in [4.69, 9.17) is 0 Å². The summed E-state index contributed by atoms with van der Waals surface area (Å²) in [5.74, 6) is 0.131. The van der Waals surface area contributed by atoms with Crippen molar-refractivity contribution in [2.75, 3.05) is 0 Å². The van der Waals surface area contributed by atoms with E-state index in [0.717, 1.165) is 5.56 Å². The van der Waals surface area contributed by atoms with Gasteiger partial charge in [0.1, 0.15) is 6.04 Å². The van der Waals surface area contributed by atoms with Gasteiger partial charge in [0.25, 0.3) is 0 Å². The standard InChI is InChI=1S/C15H22F3NOS/c1-10(2)11-7-6-8-12(9-11)13(15(16,17)18)19-21(20)14(3,4)5/h6-10,13,19H,1-5H3. The molecule has 0 spiro atoms. The van der Waals surface area contributed by atoms with Gasteiger partial charge in [0.15, 0.2) is 0 Å².